The first kappa shape index (κ1) is 30.9. The highest BCUT2D eigenvalue weighted by atomic mass is 35.5. The highest BCUT2D eigenvalue weighted by Gasteiger charge is 2.38. The summed E-state index contributed by atoms with van der Waals surface area (Å²) in [6.45, 7) is 5.19. The summed E-state index contributed by atoms with van der Waals surface area (Å²) < 4.78 is 39.5. The molecule has 1 aliphatic rings. The van der Waals surface area contributed by atoms with E-state index in [9.17, 15) is 18.0 Å². The summed E-state index contributed by atoms with van der Waals surface area (Å²) in [5, 5.41) is 1.04. The van der Waals surface area contributed by atoms with Crippen molar-refractivity contribution in [3.05, 3.63) is 104 Å². The summed E-state index contributed by atoms with van der Waals surface area (Å²) in [5.74, 6) is -0.427. The number of allylic oxidation sites excluding steroid dienone is 1. The molecule has 0 atom stereocenters. The molecule has 41 heavy (non-hydrogen) atoms. The normalized spacial score (nSPS) is 15.1. The number of furan rings is 1. The molecule has 12 heteroatoms. The Balaban J connectivity index is 1.69. The topological polar surface area (TPSA) is 97.1 Å². The van der Waals surface area contributed by atoms with Gasteiger partial charge in [0.25, 0.3) is 5.91 Å². The SMILES string of the molecule is COC(=O)C1=C(C)N(C(C)C)C(=O)/C1=C/c1ccc(CN(Cc2ccc(Cl)c(Cl)c2)S(=O)(=O)c2ccc(Cl)cc2)o1. The van der Waals surface area contributed by atoms with Crippen molar-refractivity contribution in [2.24, 2.45) is 0 Å². The van der Waals surface area contributed by atoms with Crippen molar-refractivity contribution >= 4 is 62.8 Å². The Bertz CT molecular complexity index is 1660. The number of hydrogen-bond acceptors (Lipinski definition) is 6. The van der Waals surface area contributed by atoms with Gasteiger partial charge in [-0.05, 0) is 80.9 Å². The molecule has 0 fully saturated rings. The fourth-order valence-corrected chi connectivity index (χ4v) is 6.36. The Morgan fingerprint density at radius 1 is 1.02 bits per heavy atom. The molecule has 0 unspecified atom stereocenters. The number of esters is 1. The molecule has 0 saturated heterocycles. The molecule has 0 aliphatic carbocycles. The van der Waals surface area contributed by atoms with Crippen molar-refractivity contribution < 1.29 is 27.2 Å². The van der Waals surface area contributed by atoms with Gasteiger partial charge >= 0.3 is 5.97 Å². The predicted molar refractivity (Wildman–Crippen MR) is 158 cm³/mol. The smallest absolute Gasteiger partial charge is 0.340 e. The Kier molecular flexibility index (Phi) is 9.35. The zero-order valence-electron chi connectivity index (χ0n) is 22.7. The molecule has 2 aromatic carbocycles. The van der Waals surface area contributed by atoms with Gasteiger partial charge in [0.05, 0.1) is 39.7 Å². The molecule has 0 radical (unpaired) electrons. The van der Waals surface area contributed by atoms with E-state index in [1.807, 2.05) is 13.8 Å². The minimum atomic E-state index is -4.01. The number of hydrogen-bond donors (Lipinski definition) is 0. The van der Waals surface area contributed by atoms with Crippen LogP contribution in [0.25, 0.3) is 6.08 Å². The lowest BCUT2D eigenvalue weighted by molar-refractivity contribution is -0.136. The van der Waals surface area contributed by atoms with Crippen LogP contribution < -0.4 is 0 Å². The van der Waals surface area contributed by atoms with Crippen molar-refractivity contribution in [1.82, 2.24) is 9.21 Å². The van der Waals surface area contributed by atoms with Crippen LogP contribution in [0.1, 0.15) is 37.9 Å². The van der Waals surface area contributed by atoms with Crippen LogP contribution in [0.15, 0.2) is 80.8 Å². The number of amides is 1. The van der Waals surface area contributed by atoms with E-state index in [4.69, 9.17) is 44.0 Å². The predicted octanol–water partition coefficient (Wildman–Crippen LogP) is 6.71. The molecule has 0 N–H and O–H groups in total. The summed E-state index contributed by atoms with van der Waals surface area (Å²) in [4.78, 5) is 27.3. The summed E-state index contributed by atoms with van der Waals surface area (Å²) >= 11 is 18.2. The van der Waals surface area contributed by atoms with Crippen LogP contribution in [-0.4, -0.2) is 42.7 Å². The molecular formula is C29H27Cl3N2O6S. The second-order valence-electron chi connectivity index (χ2n) is 9.56. The van der Waals surface area contributed by atoms with Gasteiger partial charge < -0.3 is 14.1 Å². The number of carbonyl (C=O) groups excluding carboxylic acids is 2. The first-order valence-electron chi connectivity index (χ1n) is 12.5. The van der Waals surface area contributed by atoms with E-state index in [1.165, 1.54) is 46.7 Å². The van der Waals surface area contributed by atoms with Gasteiger partial charge in [0, 0.05) is 23.3 Å². The third-order valence-corrected chi connectivity index (χ3v) is 9.24. The second kappa shape index (κ2) is 12.4. The number of nitrogens with zero attached hydrogens (tertiary/aromatic N) is 2. The molecular weight excluding hydrogens is 611 g/mol. The number of ether oxygens (including phenoxy) is 1. The summed E-state index contributed by atoms with van der Waals surface area (Å²) in [5.41, 5.74) is 1.37. The van der Waals surface area contributed by atoms with Crippen LogP contribution in [0.3, 0.4) is 0 Å². The van der Waals surface area contributed by atoms with Gasteiger partial charge in [-0.2, -0.15) is 4.31 Å². The highest BCUT2D eigenvalue weighted by Crippen LogP contribution is 2.34. The summed E-state index contributed by atoms with van der Waals surface area (Å²) in [6, 6.07) is 13.7. The Labute approximate surface area is 253 Å². The molecule has 3 aromatic rings. The maximum Gasteiger partial charge on any atom is 0.340 e. The molecule has 8 nitrogen and oxygen atoms in total. The quantitative estimate of drug-likeness (QED) is 0.191. The number of halogens is 3. The first-order valence-corrected chi connectivity index (χ1v) is 15.0. The maximum atomic E-state index is 13.7. The molecule has 0 spiro atoms. The lowest BCUT2D eigenvalue weighted by atomic mass is 10.1. The van der Waals surface area contributed by atoms with Crippen molar-refractivity contribution in [2.75, 3.05) is 7.11 Å². The average molecular weight is 638 g/mol. The standard InChI is InChI=1S/C29H27Cl3N2O6S/c1-17(2)34-18(3)27(29(36)39-4)24(28(34)35)14-21-8-9-22(40-21)16-33(15-19-5-12-25(31)26(32)13-19)41(37,38)23-10-6-20(30)7-11-23/h5-14,17H,15-16H2,1-4H3/b24-14+. The van der Waals surface area contributed by atoms with E-state index in [1.54, 1.807) is 37.3 Å². The van der Waals surface area contributed by atoms with E-state index < -0.39 is 16.0 Å². The van der Waals surface area contributed by atoms with E-state index in [0.717, 1.165) is 0 Å². The molecule has 2 heterocycles. The van der Waals surface area contributed by atoms with Crippen molar-refractivity contribution in [3.63, 3.8) is 0 Å². The maximum absolute atomic E-state index is 13.7. The van der Waals surface area contributed by atoms with E-state index >= 15 is 0 Å². The molecule has 216 valence electrons. The molecule has 0 bridgehead atoms. The first-order chi connectivity index (χ1) is 19.3. The molecule has 0 saturated carbocycles. The van der Waals surface area contributed by atoms with Gasteiger partial charge in [-0.25, -0.2) is 13.2 Å². The van der Waals surface area contributed by atoms with E-state index in [2.05, 4.69) is 0 Å². The van der Waals surface area contributed by atoms with Gasteiger partial charge in [-0.3, -0.25) is 4.79 Å². The number of rotatable bonds is 9. The Hall–Kier alpha value is -3.08. The minimum absolute atomic E-state index is 0.0325. The zero-order valence-corrected chi connectivity index (χ0v) is 25.7. The lowest BCUT2D eigenvalue weighted by Crippen LogP contribution is -2.31. The zero-order chi connectivity index (χ0) is 30.1. The summed E-state index contributed by atoms with van der Waals surface area (Å²) in [6.07, 6.45) is 1.46. The fraction of sp³-hybridized carbons (Fsp3) is 0.241. The van der Waals surface area contributed by atoms with Gasteiger partial charge in [0.2, 0.25) is 10.0 Å². The molecule has 1 aliphatic heterocycles. The molecule has 1 amide bonds. The van der Waals surface area contributed by atoms with Crippen molar-refractivity contribution in [1.29, 1.82) is 0 Å². The number of sulfonamides is 1. The van der Waals surface area contributed by atoms with E-state index in [-0.39, 0.29) is 46.8 Å². The van der Waals surface area contributed by atoms with Crippen molar-refractivity contribution in [3.8, 4) is 0 Å². The second-order valence-corrected chi connectivity index (χ2v) is 12.7. The van der Waals surface area contributed by atoms with Crippen LogP contribution >= 0.6 is 34.8 Å². The van der Waals surface area contributed by atoms with Gasteiger partial charge in [-0.1, -0.05) is 40.9 Å². The van der Waals surface area contributed by atoms with Crippen molar-refractivity contribution in [2.45, 2.75) is 44.8 Å². The van der Waals surface area contributed by atoms with Crippen LogP contribution in [0, 0.1) is 0 Å². The Morgan fingerprint density at radius 3 is 2.32 bits per heavy atom. The van der Waals surface area contributed by atoms with Crippen LogP contribution in [0.2, 0.25) is 15.1 Å². The number of benzene rings is 2. The third-order valence-electron chi connectivity index (χ3n) is 6.44. The van der Waals surface area contributed by atoms with Crippen LogP contribution in [-0.2, 0) is 37.4 Å². The number of carbonyl (C=O) groups is 2. The monoisotopic (exact) mass is 636 g/mol. The number of methoxy groups -OCH3 is 1. The van der Waals surface area contributed by atoms with Crippen LogP contribution in [0.5, 0.6) is 0 Å². The van der Waals surface area contributed by atoms with E-state index in [0.29, 0.717) is 32.1 Å². The Morgan fingerprint density at radius 2 is 1.71 bits per heavy atom. The molecule has 1 aromatic heterocycles. The van der Waals surface area contributed by atoms with Crippen LogP contribution in [0.4, 0.5) is 0 Å². The molecule has 4 rings (SSSR count). The lowest BCUT2D eigenvalue weighted by Gasteiger charge is -2.22. The minimum Gasteiger partial charge on any atom is -0.465 e. The van der Waals surface area contributed by atoms with Gasteiger partial charge in [-0.15, -0.1) is 0 Å². The third kappa shape index (κ3) is 6.55. The highest BCUT2D eigenvalue weighted by molar-refractivity contribution is 7.89. The average Bonchev–Trinajstić information content (AvgIpc) is 3.46. The van der Waals surface area contributed by atoms with Gasteiger partial charge in [0.1, 0.15) is 11.5 Å². The van der Waals surface area contributed by atoms with Gasteiger partial charge in [0.15, 0.2) is 0 Å². The summed E-state index contributed by atoms with van der Waals surface area (Å²) in [7, 11) is -2.77. The fourth-order valence-electron chi connectivity index (χ4n) is 4.52. The largest absolute Gasteiger partial charge is 0.465 e.